The molecule has 0 aliphatic carbocycles. The van der Waals surface area contributed by atoms with E-state index in [2.05, 4.69) is 13.2 Å². The van der Waals surface area contributed by atoms with Crippen molar-refractivity contribution in [1.29, 1.82) is 0 Å². The van der Waals surface area contributed by atoms with Crippen LogP contribution in [0.2, 0.25) is 0 Å². The summed E-state index contributed by atoms with van der Waals surface area (Å²) < 4.78 is 25.7. The van der Waals surface area contributed by atoms with Gasteiger partial charge in [-0.15, -0.1) is 13.2 Å². The molecule has 148 valence electrons. The highest BCUT2D eigenvalue weighted by Crippen LogP contribution is 2.47. The zero-order valence-corrected chi connectivity index (χ0v) is 17.5. The lowest BCUT2D eigenvalue weighted by Crippen LogP contribution is -2.14. The summed E-state index contributed by atoms with van der Waals surface area (Å²) in [6.45, 7) is 9.48. The Morgan fingerprint density at radius 3 is 1.52 bits per heavy atom. The Hall–Kier alpha value is -3.03. The molecule has 0 atom stereocenters. The van der Waals surface area contributed by atoms with Gasteiger partial charge in [-0.2, -0.15) is 0 Å². The van der Waals surface area contributed by atoms with Crippen molar-refractivity contribution in [3.63, 3.8) is 0 Å². The van der Waals surface area contributed by atoms with E-state index in [1.54, 1.807) is 36.4 Å². The summed E-state index contributed by atoms with van der Waals surface area (Å²) in [4.78, 5) is 0. The third-order valence-electron chi connectivity index (χ3n) is 4.41. The van der Waals surface area contributed by atoms with Gasteiger partial charge in [0.25, 0.3) is 0 Å². The Balaban J connectivity index is 1.90. The van der Waals surface area contributed by atoms with Gasteiger partial charge >= 0.3 is 7.60 Å². The maximum absolute atomic E-state index is 13.8. The van der Waals surface area contributed by atoms with Crippen molar-refractivity contribution < 1.29 is 13.6 Å². The zero-order chi connectivity index (χ0) is 20.7. The van der Waals surface area contributed by atoms with E-state index in [-0.39, 0.29) is 0 Å². The predicted octanol–water partition coefficient (Wildman–Crippen LogP) is 6.43. The highest BCUT2D eigenvalue weighted by Gasteiger charge is 2.31. The fourth-order valence-corrected chi connectivity index (χ4v) is 4.40. The molecule has 3 rings (SSSR count). The van der Waals surface area contributed by atoms with Crippen molar-refractivity contribution in [2.45, 2.75) is 19.8 Å². The fourth-order valence-electron chi connectivity index (χ4n) is 2.84. The van der Waals surface area contributed by atoms with Gasteiger partial charge in [-0.1, -0.05) is 54.1 Å². The second-order valence-corrected chi connectivity index (χ2v) is 8.67. The molecule has 0 heterocycles. The smallest absolute Gasteiger partial charge is 0.413 e. The van der Waals surface area contributed by atoms with E-state index in [0.717, 1.165) is 29.5 Å². The average Bonchev–Trinajstić information content (AvgIpc) is 2.72. The van der Waals surface area contributed by atoms with Crippen LogP contribution in [-0.4, -0.2) is 0 Å². The highest BCUT2D eigenvalue weighted by atomic mass is 31.2. The molecule has 0 radical (unpaired) electrons. The summed E-state index contributed by atoms with van der Waals surface area (Å²) in [7, 11) is -3.64. The maximum Gasteiger partial charge on any atom is 0.462 e. The molecule has 0 saturated carbocycles. The second kappa shape index (κ2) is 9.45. The van der Waals surface area contributed by atoms with Gasteiger partial charge in [0, 0.05) is 0 Å². The first-order valence-electron chi connectivity index (χ1n) is 9.48. The Bertz CT molecular complexity index is 944. The Kier molecular flexibility index (Phi) is 6.74. The van der Waals surface area contributed by atoms with E-state index in [1.165, 1.54) is 0 Å². The van der Waals surface area contributed by atoms with Crippen molar-refractivity contribution in [3.8, 4) is 11.5 Å². The van der Waals surface area contributed by atoms with Gasteiger partial charge in [-0.3, -0.25) is 0 Å². The minimum absolute atomic E-state index is 0.491. The van der Waals surface area contributed by atoms with Crippen LogP contribution < -0.4 is 14.4 Å². The first-order valence-corrected chi connectivity index (χ1v) is 11.0. The molecule has 0 spiro atoms. The molecule has 0 unspecified atom stereocenters. The molecule has 0 bridgehead atoms. The van der Waals surface area contributed by atoms with Crippen LogP contribution in [0.5, 0.6) is 11.5 Å². The van der Waals surface area contributed by atoms with E-state index in [4.69, 9.17) is 9.05 Å². The number of rotatable bonds is 9. The summed E-state index contributed by atoms with van der Waals surface area (Å²) >= 11 is 0. The zero-order valence-electron chi connectivity index (χ0n) is 16.6. The second-order valence-electron chi connectivity index (χ2n) is 6.79. The Morgan fingerprint density at radius 1 is 0.724 bits per heavy atom. The lowest BCUT2D eigenvalue weighted by molar-refractivity contribution is 0.399. The van der Waals surface area contributed by atoms with Gasteiger partial charge in [0.15, 0.2) is 0 Å². The van der Waals surface area contributed by atoms with Crippen molar-refractivity contribution in [3.05, 3.63) is 115 Å². The van der Waals surface area contributed by atoms with Crippen LogP contribution in [0, 0.1) is 6.92 Å². The molecule has 0 aliphatic heterocycles. The summed E-state index contributed by atoms with van der Waals surface area (Å²) in [6.07, 6.45) is 5.21. The molecular weight excluding hydrogens is 379 g/mol. The minimum Gasteiger partial charge on any atom is -0.413 e. The highest BCUT2D eigenvalue weighted by molar-refractivity contribution is 7.63. The number of allylic oxidation sites excluding steroid dienone is 2. The predicted molar refractivity (Wildman–Crippen MR) is 120 cm³/mol. The number of benzene rings is 3. The molecule has 29 heavy (non-hydrogen) atoms. The molecular formula is C25H25O3P. The van der Waals surface area contributed by atoms with Crippen molar-refractivity contribution in [2.75, 3.05) is 0 Å². The van der Waals surface area contributed by atoms with Crippen LogP contribution in [0.1, 0.15) is 16.7 Å². The van der Waals surface area contributed by atoms with Gasteiger partial charge in [-0.05, 0) is 67.3 Å². The van der Waals surface area contributed by atoms with Crippen LogP contribution in [0.4, 0.5) is 0 Å². The topological polar surface area (TPSA) is 35.5 Å². The standard InChI is InChI=1S/C25H25O3P/c1-4-6-21-10-14-23(15-11-21)27-29(26,25-18-8-20(3)9-19-25)28-24-16-12-22(7-5-2)13-17-24/h4-5,8-19H,1-2,6-7H2,3H3. The molecule has 0 saturated heterocycles. The number of aryl methyl sites for hydroxylation is 1. The quantitative estimate of drug-likeness (QED) is 0.305. The SMILES string of the molecule is C=CCc1ccc(OP(=O)(Oc2ccc(CC=C)cc2)c2ccc(C)cc2)cc1. The van der Waals surface area contributed by atoms with Crippen molar-refractivity contribution in [2.24, 2.45) is 0 Å². The molecule has 0 N–H and O–H groups in total. The van der Waals surface area contributed by atoms with Crippen LogP contribution in [0.25, 0.3) is 0 Å². The Morgan fingerprint density at radius 2 is 1.14 bits per heavy atom. The third kappa shape index (κ3) is 5.49. The molecule has 0 fully saturated rings. The monoisotopic (exact) mass is 404 g/mol. The number of hydrogen-bond acceptors (Lipinski definition) is 3. The lowest BCUT2D eigenvalue weighted by Gasteiger charge is -2.20. The third-order valence-corrected chi connectivity index (χ3v) is 6.24. The van der Waals surface area contributed by atoms with E-state index in [9.17, 15) is 4.57 Å². The molecule has 0 amide bonds. The van der Waals surface area contributed by atoms with E-state index >= 15 is 0 Å². The maximum atomic E-state index is 13.8. The van der Waals surface area contributed by atoms with Gasteiger partial charge in [0.1, 0.15) is 11.5 Å². The van der Waals surface area contributed by atoms with Gasteiger partial charge in [0.2, 0.25) is 0 Å². The molecule has 0 aromatic heterocycles. The Labute approximate surface area is 172 Å². The summed E-state index contributed by atoms with van der Waals surface area (Å²) in [5.41, 5.74) is 3.29. The largest absolute Gasteiger partial charge is 0.462 e. The van der Waals surface area contributed by atoms with E-state index < -0.39 is 7.60 Å². The van der Waals surface area contributed by atoms with Crippen LogP contribution >= 0.6 is 7.60 Å². The van der Waals surface area contributed by atoms with E-state index in [0.29, 0.717) is 16.8 Å². The summed E-state index contributed by atoms with van der Waals surface area (Å²) in [5.74, 6) is 0.981. The minimum atomic E-state index is -3.64. The molecule has 3 aromatic carbocycles. The van der Waals surface area contributed by atoms with Gasteiger partial charge in [0.05, 0.1) is 5.30 Å². The van der Waals surface area contributed by atoms with Crippen LogP contribution in [0.3, 0.4) is 0 Å². The van der Waals surface area contributed by atoms with Gasteiger partial charge < -0.3 is 9.05 Å². The van der Waals surface area contributed by atoms with Crippen LogP contribution in [0.15, 0.2) is 98.1 Å². The molecule has 4 heteroatoms. The lowest BCUT2D eigenvalue weighted by atomic mass is 10.1. The molecule has 3 aromatic rings. The normalized spacial score (nSPS) is 10.9. The van der Waals surface area contributed by atoms with E-state index in [1.807, 2.05) is 55.5 Å². The van der Waals surface area contributed by atoms with Gasteiger partial charge in [-0.25, -0.2) is 4.57 Å². The summed E-state index contributed by atoms with van der Waals surface area (Å²) in [5, 5.41) is 0.508. The molecule has 0 aliphatic rings. The van der Waals surface area contributed by atoms with Crippen molar-refractivity contribution in [1.82, 2.24) is 0 Å². The number of hydrogen-bond donors (Lipinski definition) is 0. The first kappa shape index (κ1) is 20.7. The van der Waals surface area contributed by atoms with Crippen molar-refractivity contribution >= 4 is 12.9 Å². The van der Waals surface area contributed by atoms with Crippen LogP contribution in [-0.2, 0) is 17.4 Å². The molecule has 3 nitrogen and oxygen atoms in total. The first-order chi connectivity index (χ1) is 14.0. The average molecular weight is 404 g/mol. The fraction of sp³-hybridized carbons (Fsp3) is 0.120. The summed E-state index contributed by atoms with van der Waals surface area (Å²) in [6, 6.07) is 22.3.